The van der Waals surface area contributed by atoms with Gasteiger partial charge in [0, 0.05) is 5.75 Å². The molecule has 3 N–H and O–H groups in total. The van der Waals surface area contributed by atoms with Gasteiger partial charge in [-0.2, -0.15) is 5.26 Å². The van der Waals surface area contributed by atoms with E-state index in [-0.39, 0.29) is 11.4 Å². The minimum Gasteiger partial charge on any atom is -0.475 e. The zero-order valence-electron chi connectivity index (χ0n) is 10.2. The number of aliphatic hydroxyl groups excluding tert-OH is 3. The van der Waals surface area contributed by atoms with Crippen LogP contribution in [0, 0.1) is 18.3 Å². The maximum absolute atomic E-state index is 9.83. The molecule has 1 fully saturated rings. The van der Waals surface area contributed by atoms with Crippen LogP contribution >= 0.6 is 11.8 Å². The molecule has 0 bridgehead atoms. The van der Waals surface area contributed by atoms with E-state index in [1.54, 1.807) is 13.0 Å². The van der Waals surface area contributed by atoms with Crippen molar-refractivity contribution >= 4 is 11.8 Å². The fraction of sp³-hybridized carbons (Fsp3) is 0.500. The van der Waals surface area contributed by atoms with Crippen molar-refractivity contribution in [1.29, 1.82) is 5.26 Å². The van der Waals surface area contributed by atoms with Gasteiger partial charge in [0.15, 0.2) is 5.44 Å². The van der Waals surface area contributed by atoms with E-state index in [2.05, 4.69) is 4.98 Å². The first-order chi connectivity index (χ1) is 9.02. The van der Waals surface area contributed by atoms with Gasteiger partial charge in [0.1, 0.15) is 29.7 Å². The fourth-order valence-electron chi connectivity index (χ4n) is 1.74. The van der Waals surface area contributed by atoms with Crippen LogP contribution in [0.25, 0.3) is 0 Å². The highest BCUT2D eigenvalue weighted by atomic mass is 32.2. The largest absolute Gasteiger partial charge is 0.475 e. The molecule has 0 radical (unpaired) electrons. The molecule has 0 aromatic carbocycles. The van der Waals surface area contributed by atoms with E-state index in [0.717, 1.165) is 0 Å². The average molecular weight is 282 g/mol. The van der Waals surface area contributed by atoms with Crippen molar-refractivity contribution in [3.05, 3.63) is 23.5 Å². The number of rotatable bonds is 2. The Bertz CT molecular complexity index is 505. The molecule has 19 heavy (non-hydrogen) atoms. The molecule has 1 saturated heterocycles. The second-order valence-electron chi connectivity index (χ2n) is 4.26. The molecular weight excluding hydrogens is 268 g/mol. The van der Waals surface area contributed by atoms with E-state index in [1.165, 1.54) is 17.8 Å². The number of aryl methyl sites for hydroxylation is 1. The predicted octanol–water partition coefficient (Wildman–Crippen LogP) is -0.204. The van der Waals surface area contributed by atoms with Gasteiger partial charge in [0.05, 0.1) is 11.8 Å². The van der Waals surface area contributed by atoms with E-state index in [4.69, 9.17) is 10.00 Å². The molecule has 4 atom stereocenters. The Morgan fingerprint density at radius 1 is 1.37 bits per heavy atom. The zero-order chi connectivity index (χ0) is 14.0. The summed E-state index contributed by atoms with van der Waals surface area (Å²) in [5.41, 5.74) is 0.149. The second-order valence-corrected chi connectivity index (χ2v) is 5.39. The van der Waals surface area contributed by atoms with Crippen LogP contribution < -0.4 is 4.74 Å². The van der Waals surface area contributed by atoms with Crippen LogP contribution in [-0.2, 0) is 0 Å². The van der Waals surface area contributed by atoms with Gasteiger partial charge in [-0.15, -0.1) is 11.8 Å². The first-order valence-corrected chi connectivity index (χ1v) is 6.78. The summed E-state index contributed by atoms with van der Waals surface area (Å²) in [4.78, 5) is 4.03. The highest BCUT2D eigenvalue weighted by Gasteiger charge is 2.38. The third-order valence-electron chi connectivity index (χ3n) is 2.85. The molecule has 7 heteroatoms. The van der Waals surface area contributed by atoms with Gasteiger partial charge in [0.25, 0.3) is 0 Å². The normalized spacial score (nSPS) is 30.7. The van der Waals surface area contributed by atoms with E-state index in [1.807, 2.05) is 6.07 Å². The van der Waals surface area contributed by atoms with Crippen molar-refractivity contribution in [2.24, 2.45) is 0 Å². The Balaban J connectivity index is 2.11. The Morgan fingerprint density at radius 3 is 2.74 bits per heavy atom. The van der Waals surface area contributed by atoms with Crippen LogP contribution in [0.2, 0.25) is 0 Å². The summed E-state index contributed by atoms with van der Waals surface area (Å²) in [6, 6.07) is 5.05. The number of hydrogen-bond donors (Lipinski definition) is 3. The van der Waals surface area contributed by atoms with E-state index < -0.39 is 23.7 Å². The highest BCUT2D eigenvalue weighted by Crippen LogP contribution is 2.30. The maximum atomic E-state index is 9.83. The Kier molecular flexibility index (Phi) is 4.27. The second kappa shape index (κ2) is 5.75. The Morgan fingerprint density at radius 2 is 2.11 bits per heavy atom. The lowest BCUT2D eigenvalue weighted by Gasteiger charge is -2.34. The lowest BCUT2D eigenvalue weighted by Crippen LogP contribution is -2.50. The predicted molar refractivity (Wildman–Crippen MR) is 68.6 cm³/mol. The summed E-state index contributed by atoms with van der Waals surface area (Å²) in [5.74, 6) is 0.727. The molecule has 0 aliphatic carbocycles. The lowest BCUT2D eigenvalue weighted by atomic mass is 10.1. The number of ether oxygens (including phenoxy) is 1. The van der Waals surface area contributed by atoms with Crippen LogP contribution in [0.3, 0.4) is 0 Å². The lowest BCUT2D eigenvalue weighted by molar-refractivity contribution is -0.0787. The van der Waals surface area contributed by atoms with Gasteiger partial charge in [-0.1, -0.05) is 0 Å². The summed E-state index contributed by atoms with van der Waals surface area (Å²) in [7, 11) is 0. The Labute approximate surface area is 114 Å². The summed E-state index contributed by atoms with van der Waals surface area (Å²) in [6.45, 7) is 1.70. The smallest absolute Gasteiger partial charge is 0.173 e. The molecule has 102 valence electrons. The van der Waals surface area contributed by atoms with Crippen LogP contribution in [0.15, 0.2) is 12.1 Å². The fourth-order valence-corrected chi connectivity index (χ4v) is 2.86. The van der Waals surface area contributed by atoms with Crippen molar-refractivity contribution in [1.82, 2.24) is 4.98 Å². The van der Waals surface area contributed by atoms with Gasteiger partial charge < -0.3 is 20.1 Å². The van der Waals surface area contributed by atoms with Gasteiger partial charge in [-0.05, 0) is 19.1 Å². The van der Waals surface area contributed by atoms with Crippen LogP contribution in [0.4, 0.5) is 0 Å². The summed E-state index contributed by atoms with van der Waals surface area (Å²) < 4.78 is 5.59. The number of pyridine rings is 1. The minimum absolute atomic E-state index is 0.283. The molecule has 1 aliphatic heterocycles. The van der Waals surface area contributed by atoms with Gasteiger partial charge >= 0.3 is 0 Å². The van der Waals surface area contributed by atoms with Crippen molar-refractivity contribution in [2.75, 3.05) is 5.75 Å². The van der Waals surface area contributed by atoms with E-state index >= 15 is 0 Å². The quantitative estimate of drug-likeness (QED) is 0.689. The molecular formula is C12H14N2O4S. The van der Waals surface area contributed by atoms with Crippen LogP contribution in [0.5, 0.6) is 5.75 Å². The van der Waals surface area contributed by atoms with E-state index in [9.17, 15) is 15.3 Å². The summed E-state index contributed by atoms with van der Waals surface area (Å²) in [6.07, 6.45) is -3.36. The van der Waals surface area contributed by atoms with Gasteiger partial charge in [0.2, 0.25) is 0 Å². The molecule has 0 spiro atoms. The SMILES string of the molecule is Cc1nc(C#N)ccc1O[C@H]1SC[C@@H](O)[C@H](O)[C@H]1O. The molecule has 2 rings (SSSR count). The number of thioether (sulfide) groups is 1. The molecule has 2 heterocycles. The first kappa shape index (κ1) is 14.1. The standard InChI is InChI=1S/C12H14N2O4S/c1-6-9(3-2-7(4-13)14-6)18-12-11(17)10(16)8(15)5-19-12/h2-3,8,10-12,15-17H,5H2,1H3/t8-,10+,11-,12+/m1/s1. The molecule has 1 aliphatic rings. The molecule has 0 amide bonds. The van der Waals surface area contributed by atoms with Crippen LogP contribution in [-0.4, -0.2) is 49.8 Å². The van der Waals surface area contributed by atoms with Gasteiger partial charge in [-0.25, -0.2) is 4.98 Å². The third kappa shape index (κ3) is 2.98. The molecule has 1 aromatic rings. The van der Waals surface area contributed by atoms with Crippen molar-refractivity contribution in [3.63, 3.8) is 0 Å². The number of nitriles is 1. The average Bonchev–Trinajstić information content (AvgIpc) is 2.41. The summed E-state index contributed by atoms with van der Waals surface area (Å²) in [5, 5.41) is 37.6. The number of aromatic nitrogens is 1. The van der Waals surface area contributed by atoms with E-state index in [0.29, 0.717) is 11.4 Å². The number of hydrogen-bond acceptors (Lipinski definition) is 7. The highest BCUT2D eigenvalue weighted by molar-refractivity contribution is 7.99. The van der Waals surface area contributed by atoms with Gasteiger partial charge in [-0.3, -0.25) is 0 Å². The van der Waals surface area contributed by atoms with Crippen LogP contribution in [0.1, 0.15) is 11.4 Å². The molecule has 1 aromatic heterocycles. The third-order valence-corrected chi connectivity index (χ3v) is 4.09. The Hall–Kier alpha value is -1.33. The topological polar surface area (TPSA) is 107 Å². The van der Waals surface area contributed by atoms with Crippen molar-refractivity contribution in [2.45, 2.75) is 30.7 Å². The summed E-state index contributed by atoms with van der Waals surface area (Å²) >= 11 is 1.22. The number of aliphatic hydroxyl groups is 3. The molecule has 6 nitrogen and oxygen atoms in total. The molecule has 0 saturated carbocycles. The number of nitrogens with zero attached hydrogens (tertiary/aromatic N) is 2. The minimum atomic E-state index is -1.22. The zero-order valence-corrected chi connectivity index (χ0v) is 11.0. The van der Waals surface area contributed by atoms with Crippen molar-refractivity contribution < 1.29 is 20.1 Å². The van der Waals surface area contributed by atoms with Crippen molar-refractivity contribution in [3.8, 4) is 11.8 Å². The monoisotopic (exact) mass is 282 g/mol. The molecule has 0 unspecified atom stereocenters. The first-order valence-electron chi connectivity index (χ1n) is 5.73. The maximum Gasteiger partial charge on any atom is 0.173 e.